The minimum atomic E-state index is -3.86. The van der Waals surface area contributed by atoms with Crippen molar-refractivity contribution in [3.8, 4) is 0 Å². The first-order valence-electron chi connectivity index (χ1n) is 9.07. The summed E-state index contributed by atoms with van der Waals surface area (Å²) in [5.41, 5.74) is 3.29. The number of likely N-dealkylation sites (N-methyl/N-ethyl adjacent to an activating group) is 1. The first-order valence-corrected chi connectivity index (χ1v) is 10.6. The number of para-hydroxylation sites is 1. The first kappa shape index (κ1) is 18.6. The number of hydrogen-bond acceptors (Lipinski definition) is 4. The molecule has 4 rings (SSSR count). The van der Waals surface area contributed by atoms with Crippen LogP contribution in [0.15, 0.2) is 47.4 Å². The molecule has 0 saturated carbocycles. The molecule has 1 unspecified atom stereocenters. The van der Waals surface area contributed by atoms with Crippen molar-refractivity contribution in [2.45, 2.75) is 30.7 Å². The van der Waals surface area contributed by atoms with Crippen molar-refractivity contribution < 1.29 is 18.0 Å². The van der Waals surface area contributed by atoms with E-state index in [1.807, 2.05) is 31.2 Å². The number of amides is 2. The van der Waals surface area contributed by atoms with E-state index in [1.165, 1.54) is 17.0 Å². The summed E-state index contributed by atoms with van der Waals surface area (Å²) in [5.74, 6) is -0.369. The number of fused-ring (bicyclic) bond motifs is 2. The Hall–Kier alpha value is -2.71. The van der Waals surface area contributed by atoms with Crippen molar-refractivity contribution in [2.24, 2.45) is 0 Å². The lowest BCUT2D eigenvalue weighted by atomic mass is 10.1. The number of carbonyl (C=O) groups excluding carboxylic acids is 2. The second-order valence-electron chi connectivity index (χ2n) is 7.19. The summed E-state index contributed by atoms with van der Waals surface area (Å²) >= 11 is 0. The molecule has 146 valence electrons. The summed E-state index contributed by atoms with van der Waals surface area (Å²) < 4.78 is 27.7. The highest BCUT2D eigenvalue weighted by atomic mass is 32.2. The summed E-state index contributed by atoms with van der Waals surface area (Å²) in [4.78, 5) is 27.7. The van der Waals surface area contributed by atoms with Gasteiger partial charge in [-0.05, 0) is 48.7 Å². The van der Waals surface area contributed by atoms with Crippen LogP contribution in [0.25, 0.3) is 0 Å². The van der Waals surface area contributed by atoms with Crippen LogP contribution in [0.1, 0.15) is 18.1 Å². The summed E-state index contributed by atoms with van der Waals surface area (Å²) in [6, 6.07) is 12.2. The highest BCUT2D eigenvalue weighted by Crippen LogP contribution is 2.32. The average molecular weight is 399 g/mol. The predicted octanol–water partition coefficient (Wildman–Crippen LogP) is 1.46. The van der Waals surface area contributed by atoms with E-state index in [0.29, 0.717) is 11.3 Å². The second kappa shape index (κ2) is 6.72. The fraction of sp³-hybridized carbons (Fsp3) is 0.300. The standard InChI is InChI=1S/C20H21N3O4S/c1-13-9-14-5-3-4-6-18(14)23(13)20(25)12-21-28(26,27)16-7-8-17-15(10-16)11-19(24)22(17)2/h3-8,10,13,21H,9,11-12H2,1-2H3. The van der Waals surface area contributed by atoms with Crippen molar-refractivity contribution >= 4 is 33.2 Å². The molecule has 0 saturated heterocycles. The lowest BCUT2D eigenvalue weighted by Crippen LogP contribution is -2.43. The minimum absolute atomic E-state index is 0.0176. The molecule has 8 heteroatoms. The Morgan fingerprint density at radius 3 is 2.68 bits per heavy atom. The Balaban J connectivity index is 1.50. The lowest BCUT2D eigenvalue weighted by Gasteiger charge is -2.23. The van der Waals surface area contributed by atoms with E-state index in [0.717, 1.165) is 17.7 Å². The third-order valence-electron chi connectivity index (χ3n) is 5.33. The molecular weight excluding hydrogens is 378 g/mol. The van der Waals surface area contributed by atoms with Gasteiger partial charge in [0.1, 0.15) is 0 Å². The van der Waals surface area contributed by atoms with Crippen molar-refractivity contribution in [2.75, 3.05) is 23.4 Å². The number of benzene rings is 2. The van der Waals surface area contributed by atoms with Crippen LogP contribution in [0.2, 0.25) is 0 Å². The van der Waals surface area contributed by atoms with E-state index in [9.17, 15) is 18.0 Å². The topological polar surface area (TPSA) is 86.8 Å². The number of anilines is 2. The van der Waals surface area contributed by atoms with Gasteiger partial charge >= 0.3 is 0 Å². The van der Waals surface area contributed by atoms with Crippen molar-refractivity contribution in [1.29, 1.82) is 0 Å². The molecule has 0 aliphatic carbocycles. The fourth-order valence-corrected chi connectivity index (χ4v) is 4.91. The average Bonchev–Trinajstić information content (AvgIpc) is 3.15. The third-order valence-corrected chi connectivity index (χ3v) is 6.73. The van der Waals surface area contributed by atoms with E-state index in [-0.39, 0.29) is 35.7 Å². The molecule has 2 aliphatic heterocycles. The maximum absolute atomic E-state index is 12.7. The van der Waals surface area contributed by atoms with Gasteiger partial charge in [-0.1, -0.05) is 18.2 Å². The summed E-state index contributed by atoms with van der Waals surface area (Å²) in [5, 5.41) is 0. The third kappa shape index (κ3) is 3.08. The summed E-state index contributed by atoms with van der Waals surface area (Å²) in [6.45, 7) is 1.62. The van der Waals surface area contributed by atoms with Crippen molar-refractivity contribution in [3.63, 3.8) is 0 Å². The smallest absolute Gasteiger partial charge is 0.242 e. The Morgan fingerprint density at radius 1 is 1.14 bits per heavy atom. The quantitative estimate of drug-likeness (QED) is 0.843. The van der Waals surface area contributed by atoms with E-state index < -0.39 is 10.0 Å². The van der Waals surface area contributed by atoms with E-state index in [1.54, 1.807) is 18.0 Å². The molecule has 7 nitrogen and oxygen atoms in total. The van der Waals surface area contributed by atoms with Crippen LogP contribution in [0.4, 0.5) is 11.4 Å². The lowest BCUT2D eigenvalue weighted by molar-refractivity contribution is -0.118. The fourth-order valence-electron chi connectivity index (χ4n) is 3.88. The van der Waals surface area contributed by atoms with Gasteiger partial charge in [0.05, 0.1) is 17.9 Å². The molecule has 1 N–H and O–H groups in total. The predicted molar refractivity (Wildman–Crippen MR) is 106 cm³/mol. The number of carbonyl (C=O) groups is 2. The summed E-state index contributed by atoms with van der Waals surface area (Å²) in [6.07, 6.45) is 0.928. The number of nitrogens with zero attached hydrogens (tertiary/aromatic N) is 2. The number of sulfonamides is 1. The Labute approximate surface area is 164 Å². The van der Waals surface area contributed by atoms with E-state index >= 15 is 0 Å². The summed E-state index contributed by atoms with van der Waals surface area (Å²) in [7, 11) is -2.20. The molecule has 0 bridgehead atoms. The van der Waals surface area contributed by atoms with Crippen LogP contribution in [-0.4, -0.2) is 39.9 Å². The molecule has 2 heterocycles. The van der Waals surface area contributed by atoms with Gasteiger partial charge in [0.2, 0.25) is 21.8 Å². The molecule has 28 heavy (non-hydrogen) atoms. The van der Waals surface area contributed by atoms with Crippen molar-refractivity contribution in [3.05, 3.63) is 53.6 Å². The van der Waals surface area contributed by atoms with Gasteiger partial charge in [-0.25, -0.2) is 13.1 Å². The van der Waals surface area contributed by atoms with Gasteiger partial charge in [-0.15, -0.1) is 0 Å². The molecule has 2 aromatic carbocycles. The molecular formula is C20H21N3O4S. The Morgan fingerprint density at radius 2 is 1.89 bits per heavy atom. The van der Waals surface area contributed by atoms with Crippen LogP contribution in [-0.2, 0) is 32.5 Å². The molecule has 0 aromatic heterocycles. The molecule has 2 aliphatic rings. The normalized spacial score (nSPS) is 18.4. The van der Waals surface area contributed by atoms with Crippen LogP contribution in [0.5, 0.6) is 0 Å². The number of rotatable bonds is 4. The van der Waals surface area contributed by atoms with Gasteiger partial charge in [0.25, 0.3) is 0 Å². The Kier molecular flexibility index (Phi) is 4.47. The highest BCUT2D eigenvalue weighted by molar-refractivity contribution is 7.89. The highest BCUT2D eigenvalue weighted by Gasteiger charge is 2.31. The van der Waals surface area contributed by atoms with Crippen LogP contribution >= 0.6 is 0 Å². The molecule has 0 radical (unpaired) electrons. The van der Waals surface area contributed by atoms with Gasteiger partial charge in [0, 0.05) is 24.5 Å². The van der Waals surface area contributed by atoms with E-state index in [4.69, 9.17) is 0 Å². The van der Waals surface area contributed by atoms with Gasteiger partial charge in [-0.2, -0.15) is 0 Å². The van der Waals surface area contributed by atoms with Gasteiger partial charge < -0.3 is 9.80 Å². The Bertz CT molecular complexity index is 1080. The molecule has 0 spiro atoms. The largest absolute Gasteiger partial charge is 0.315 e. The maximum Gasteiger partial charge on any atom is 0.242 e. The molecule has 1 atom stereocenters. The van der Waals surface area contributed by atoms with E-state index in [2.05, 4.69) is 4.72 Å². The van der Waals surface area contributed by atoms with Crippen LogP contribution < -0.4 is 14.5 Å². The first-order chi connectivity index (χ1) is 13.3. The second-order valence-corrected chi connectivity index (χ2v) is 8.96. The zero-order valence-corrected chi connectivity index (χ0v) is 16.5. The molecule has 2 amide bonds. The SMILES string of the molecule is CC1Cc2ccccc2N1C(=O)CNS(=O)(=O)c1ccc2c(c1)CC(=O)N2C. The van der Waals surface area contributed by atoms with Crippen LogP contribution in [0.3, 0.4) is 0 Å². The van der Waals surface area contributed by atoms with Crippen molar-refractivity contribution in [1.82, 2.24) is 4.72 Å². The zero-order valence-electron chi connectivity index (χ0n) is 15.7. The number of nitrogens with one attached hydrogen (secondary N) is 1. The number of hydrogen-bond donors (Lipinski definition) is 1. The minimum Gasteiger partial charge on any atom is -0.315 e. The zero-order chi connectivity index (χ0) is 20.1. The van der Waals surface area contributed by atoms with Gasteiger partial charge in [-0.3, -0.25) is 9.59 Å². The molecule has 2 aromatic rings. The van der Waals surface area contributed by atoms with Crippen LogP contribution in [0, 0.1) is 0 Å². The maximum atomic E-state index is 12.7. The molecule has 0 fully saturated rings. The monoisotopic (exact) mass is 399 g/mol. The van der Waals surface area contributed by atoms with Gasteiger partial charge in [0.15, 0.2) is 0 Å².